The lowest BCUT2D eigenvalue weighted by Crippen LogP contribution is -2.19. The largest absolute Gasteiger partial charge is 0.326 e. The molecule has 9 heteroatoms. The Labute approximate surface area is 154 Å². The highest BCUT2D eigenvalue weighted by Gasteiger charge is 2.16. The van der Waals surface area contributed by atoms with Gasteiger partial charge >= 0.3 is 0 Å². The van der Waals surface area contributed by atoms with Gasteiger partial charge in [0.2, 0.25) is 5.91 Å². The van der Waals surface area contributed by atoms with Gasteiger partial charge < -0.3 is 5.32 Å². The van der Waals surface area contributed by atoms with Gasteiger partial charge in [0.25, 0.3) is 11.6 Å². The molecule has 0 aliphatic rings. The quantitative estimate of drug-likeness (QED) is 0.474. The van der Waals surface area contributed by atoms with E-state index in [1.54, 1.807) is 31.2 Å². The SMILES string of the molecule is CC(=O)Nc1ccc(/C(C)=N\NC(=O)c2ccc(Cl)c([N+](=O)[O-])c2)cc1. The number of rotatable bonds is 5. The molecule has 0 unspecified atom stereocenters. The molecule has 0 bridgehead atoms. The lowest BCUT2D eigenvalue weighted by atomic mass is 10.1. The number of anilines is 1. The molecule has 2 rings (SSSR count). The van der Waals surface area contributed by atoms with E-state index >= 15 is 0 Å². The average Bonchev–Trinajstić information content (AvgIpc) is 2.59. The zero-order valence-corrected chi connectivity index (χ0v) is 14.7. The van der Waals surface area contributed by atoms with Crippen LogP contribution in [0.5, 0.6) is 0 Å². The maximum absolute atomic E-state index is 12.1. The molecule has 134 valence electrons. The van der Waals surface area contributed by atoms with Gasteiger partial charge in [0.15, 0.2) is 0 Å². The zero-order valence-electron chi connectivity index (χ0n) is 13.9. The third kappa shape index (κ3) is 4.87. The first-order chi connectivity index (χ1) is 12.3. The number of carbonyl (C=O) groups excluding carboxylic acids is 2. The van der Waals surface area contributed by atoms with Gasteiger partial charge in [-0.25, -0.2) is 5.43 Å². The van der Waals surface area contributed by atoms with Crippen molar-refractivity contribution in [2.45, 2.75) is 13.8 Å². The third-order valence-electron chi connectivity index (χ3n) is 3.35. The van der Waals surface area contributed by atoms with Crippen molar-refractivity contribution in [2.24, 2.45) is 5.10 Å². The van der Waals surface area contributed by atoms with Crippen LogP contribution >= 0.6 is 11.6 Å². The van der Waals surface area contributed by atoms with Gasteiger partial charge in [0.1, 0.15) is 5.02 Å². The van der Waals surface area contributed by atoms with Crippen LogP contribution < -0.4 is 10.7 Å². The molecule has 0 aromatic heterocycles. The number of halogens is 1. The Morgan fingerprint density at radius 2 is 1.69 bits per heavy atom. The Kier molecular flexibility index (Phi) is 6.03. The molecule has 2 amide bonds. The highest BCUT2D eigenvalue weighted by molar-refractivity contribution is 6.32. The minimum atomic E-state index is -0.662. The minimum absolute atomic E-state index is 0.0505. The van der Waals surface area contributed by atoms with Crippen LogP contribution in [0.2, 0.25) is 5.02 Å². The van der Waals surface area contributed by atoms with E-state index in [2.05, 4.69) is 15.8 Å². The van der Waals surface area contributed by atoms with Gasteiger partial charge in [-0.1, -0.05) is 23.7 Å². The Balaban J connectivity index is 2.10. The monoisotopic (exact) mass is 374 g/mol. The first-order valence-electron chi connectivity index (χ1n) is 7.44. The first-order valence-corrected chi connectivity index (χ1v) is 7.82. The average molecular weight is 375 g/mol. The number of carbonyl (C=O) groups is 2. The second-order valence-electron chi connectivity index (χ2n) is 5.32. The van der Waals surface area contributed by atoms with E-state index in [0.29, 0.717) is 11.4 Å². The van der Waals surface area contributed by atoms with Crippen LogP contribution in [0, 0.1) is 10.1 Å². The summed E-state index contributed by atoms with van der Waals surface area (Å²) in [7, 11) is 0. The van der Waals surface area contributed by atoms with Crippen LogP contribution in [0.15, 0.2) is 47.6 Å². The fraction of sp³-hybridized carbons (Fsp3) is 0.118. The van der Waals surface area contributed by atoms with E-state index in [1.807, 2.05) is 0 Å². The molecule has 2 aromatic carbocycles. The molecule has 0 radical (unpaired) electrons. The molecule has 8 nitrogen and oxygen atoms in total. The summed E-state index contributed by atoms with van der Waals surface area (Å²) in [5.74, 6) is -0.772. The summed E-state index contributed by atoms with van der Waals surface area (Å²) >= 11 is 5.72. The number of hydrogen-bond donors (Lipinski definition) is 2. The Bertz CT molecular complexity index is 894. The molecule has 0 atom stereocenters. The molecule has 26 heavy (non-hydrogen) atoms. The summed E-state index contributed by atoms with van der Waals surface area (Å²) in [6.07, 6.45) is 0. The number of hydrazone groups is 1. The van der Waals surface area contributed by atoms with Crippen LogP contribution in [0.3, 0.4) is 0 Å². The van der Waals surface area contributed by atoms with Gasteiger partial charge in [0, 0.05) is 24.2 Å². The smallest absolute Gasteiger partial charge is 0.288 e. The second-order valence-corrected chi connectivity index (χ2v) is 5.73. The van der Waals surface area contributed by atoms with Crippen molar-refractivity contribution < 1.29 is 14.5 Å². The van der Waals surface area contributed by atoms with E-state index in [-0.39, 0.29) is 22.2 Å². The molecule has 2 N–H and O–H groups in total. The molecular weight excluding hydrogens is 360 g/mol. The number of nitro groups is 1. The van der Waals surface area contributed by atoms with Crippen LogP contribution in [0.25, 0.3) is 0 Å². The van der Waals surface area contributed by atoms with E-state index in [9.17, 15) is 19.7 Å². The standard InChI is InChI=1S/C17H15ClN4O4/c1-10(12-3-6-14(7-4-12)19-11(2)23)20-21-17(24)13-5-8-15(18)16(9-13)22(25)26/h3-9H,1-2H3,(H,19,23)(H,21,24)/b20-10-. The number of nitro benzene ring substituents is 1. The van der Waals surface area contributed by atoms with Crippen molar-refractivity contribution >= 4 is 40.5 Å². The van der Waals surface area contributed by atoms with E-state index in [0.717, 1.165) is 11.6 Å². The molecule has 0 aliphatic heterocycles. The summed E-state index contributed by atoms with van der Waals surface area (Å²) in [5, 5.41) is 17.5. The normalized spacial score (nSPS) is 11.0. The van der Waals surface area contributed by atoms with Crippen molar-refractivity contribution in [3.8, 4) is 0 Å². The molecule has 0 saturated carbocycles. The fourth-order valence-electron chi connectivity index (χ4n) is 2.06. The Morgan fingerprint density at radius 1 is 1.08 bits per heavy atom. The Morgan fingerprint density at radius 3 is 2.27 bits per heavy atom. The van der Waals surface area contributed by atoms with Crippen LogP contribution in [0.1, 0.15) is 29.8 Å². The third-order valence-corrected chi connectivity index (χ3v) is 3.67. The molecule has 2 aromatic rings. The molecule has 0 aliphatic carbocycles. The second kappa shape index (κ2) is 8.21. The lowest BCUT2D eigenvalue weighted by Gasteiger charge is -2.05. The number of amides is 2. The predicted molar refractivity (Wildman–Crippen MR) is 98.5 cm³/mol. The summed E-state index contributed by atoms with van der Waals surface area (Å²) in [6.45, 7) is 3.11. The van der Waals surface area contributed by atoms with E-state index in [1.165, 1.54) is 19.1 Å². The summed E-state index contributed by atoms with van der Waals surface area (Å²) in [4.78, 5) is 33.3. The van der Waals surface area contributed by atoms with Crippen LogP contribution in [-0.2, 0) is 4.79 Å². The van der Waals surface area contributed by atoms with Crippen molar-refractivity contribution in [2.75, 3.05) is 5.32 Å². The highest BCUT2D eigenvalue weighted by Crippen LogP contribution is 2.25. The van der Waals surface area contributed by atoms with Crippen LogP contribution in [-0.4, -0.2) is 22.4 Å². The number of nitrogens with zero attached hydrogens (tertiary/aromatic N) is 2. The maximum Gasteiger partial charge on any atom is 0.288 e. The Hall–Kier alpha value is -3.26. The van der Waals surface area contributed by atoms with E-state index < -0.39 is 10.8 Å². The summed E-state index contributed by atoms with van der Waals surface area (Å²) in [6, 6.07) is 10.6. The summed E-state index contributed by atoms with van der Waals surface area (Å²) in [5.41, 5.74) is 3.96. The number of nitrogens with one attached hydrogen (secondary N) is 2. The topological polar surface area (TPSA) is 114 Å². The van der Waals surface area contributed by atoms with Crippen molar-refractivity contribution in [3.05, 3.63) is 68.7 Å². The highest BCUT2D eigenvalue weighted by atomic mass is 35.5. The first kappa shape index (κ1) is 19.1. The molecule has 0 saturated heterocycles. The van der Waals surface area contributed by atoms with Gasteiger partial charge in [0.05, 0.1) is 10.6 Å². The van der Waals surface area contributed by atoms with E-state index in [4.69, 9.17) is 11.6 Å². The predicted octanol–water partition coefficient (Wildman–Crippen LogP) is 3.36. The van der Waals surface area contributed by atoms with Crippen molar-refractivity contribution in [1.82, 2.24) is 5.43 Å². The molecule has 0 spiro atoms. The number of benzene rings is 2. The van der Waals surface area contributed by atoms with Gasteiger partial charge in [-0.05, 0) is 36.8 Å². The number of hydrogen-bond acceptors (Lipinski definition) is 5. The van der Waals surface area contributed by atoms with Crippen LogP contribution in [0.4, 0.5) is 11.4 Å². The van der Waals surface area contributed by atoms with Crippen molar-refractivity contribution in [3.63, 3.8) is 0 Å². The maximum atomic E-state index is 12.1. The van der Waals surface area contributed by atoms with Gasteiger partial charge in [-0.3, -0.25) is 19.7 Å². The molecular formula is C17H15ClN4O4. The fourth-order valence-corrected chi connectivity index (χ4v) is 2.24. The summed E-state index contributed by atoms with van der Waals surface area (Å²) < 4.78 is 0. The van der Waals surface area contributed by atoms with Crippen molar-refractivity contribution in [1.29, 1.82) is 0 Å². The van der Waals surface area contributed by atoms with Gasteiger partial charge in [-0.2, -0.15) is 5.10 Å². The zero-order chi connectivity index (χ0) is 19.3. The lowest BCUT2D eigenvalue weighted by molar-refractivity contribution is -0.384. The molecule has 0 fully saturated rings. The van der Waals surface area contributed by atoms with Gasteiger partial charge in [-0.15, -0.1) is 0 Å². The minimum Gasteiger partial charge on any atom is -0.326 e. The molecule has 0 heterocycles.